The van der Waals surface area contributed by atoms with Gasteiger partial charge in [-0.15, -0.1) is 0 Å². The van der Waals surface area contributed by atoms with Crippen LogP contribution >= 0.6 is 0 Å². The number of nitrogen functional groups attached to an aromatic ring is 1. The molecule has 3 N–H and O–H groups in total. The molecule has 0 unspecified atom stereocenters. The molecule has 1 fully saturated rings. The summed E-state index contributed by atoms with van der Waals surface area (Å²) in [6.45, 7) is 0.727. The number of anilines is 3. The molecule has 0 atom stereocenters. The second-order valence-corrected chi connectivity index (χ2v) is 7.13. The van der Waals surface area contributed by atoms with Gasteiger partial charge in [-0.25, -0.2) is 0 Å². The normalized spacial score (nSPS) is 16.1. The number of carbonyl (C=O) groups is 2. The zero-order valence-corrected chi connectivity index (χ0v) is 14.7. The lowest BCUT2D eigenvalue weighted by Crippen LogP contribution is -2.36. The maximum Gasteiger partial charge on any atom is 0.231 e. The highest BCUT2D eigenvalue weighted by atomic mass is 16.2. The van der Waals surface area contributed by atoms with Gasteiger partial charge in [-0.3, -0.25) is 9.59 Å². The number of hydrogen-bond donors (Lipinski definition) is 2. The molecule has 2 aliphatic rings. The molecule has 0 bridgehead atoms. The third-order valence-electron chi connectivity index (χ3n) is 5.11. The molecule has 0 aromatic heterocycles. The topological polar surface area (TPSA) is 75.4 Å². The summed E-state index contributed by atoms with van der Waals surface area (Å²) in [5, 5.41) is 2.92. The lowest BCUT2D eigenvalue weighted by Gasteiger charge is -2.30. The quantitative estimate of drug-likeness (QED) is 0.833. The van der Waals surface area contributed by atoms with Crippen molar-refractivity contribution in [3.63, 3.8) is 0 Å². The minimum atomic E-state index is 0.0753. The predicted molar refractivity (Wildman–Crippen MR) is 103 cm³/mol. The lowest BCUT2D eigenvalue weighted by atomic mass is 9.99. The Morgan fingerprint density at radius 1 is 1.12 bits per heavy atom. The second kappa shape index (κ2) is 6.83. The van der Waals surface area contributed by atoms with Crippen molar-refractivity contribution in [3.05, 3.63) is 53.6 Å². The van der Waals surface area contributed by atoms with Gasteiger partial charge < -0.3 is 16.0 Å². The van der Waals surface area contributed by atoms with Crippen molar-refractivity contribution < 1.29 is 9.59 Å². The fourth-order valence-corrected chi connectivity index (χ4v) is 3.48. The van der Waals surface area contributed by atoms with E-state index in [0.29, 0.717) is 6.42 Å². The van der Waals surface area contributed by atoms with Gasteiger partial charge in [0.05, 0.1) is 6.42 Å². The van der Waals surface area contributed by atoms with Crippen molar-refractivity contribution in [2.24, 2.45) is 5.92 Å². The second-order valence-electron chi connectivity index (χ2n) is 7.13. The van der Waals surface area contributed by atoms with Crippen LogP contribution in [0.1, 0.15) is 30.4 Å². The summed E-state index contributed by atoms with van der Waals surface area (Å²) < 4.78 is 0. The molecule has 5 nitrogen and oxygen atoms in total. The Kier molecular flexibility index (Phi) is 4.37. The van der Waals surface area contributed by atoms with E-state index in [0.717, 1.165) is 60.4 Å². The van der Waals surface area contributed by atoms with Gasteiger partial charge >= 0.3 is 0 Å². The molecule has 0 saturated heterocycles. The molecule has 26 heavy (non-hydrogen) atoms. The number of nitrogens with two attached hydrogens (primary N) is 1. The first-order chi connectivity index (χ1) is 12.6. The van der Waals surface area contributed by atoms with E-state index in [-0.39, 0.29) is 17.7 Å². The number of nitrogens with one attached hydrogen (secondary N) is 1. The highest BCUT2D eigenvalue weighted by molar-refractivity contribution is 5.97. The average molecular weight is 349 g/mol. The number of hydrogen-bond acceptors (Lipinski definition) is 3. The van der Waals surface area contributed by atoms with Gasteiger partial charge in [-0.05, 0) is 61.1 Å². The molecule has 1 saturated carbocycles. The molecule has 1 heterocycles. The number of fused-ring (bicyclic) bond motifs is 1. The number of benzene rings is 2. The van der Waals surface area contributed by atoms with Gasteiger partial charge in [0.1, 0.15) is 0 Å². The van der Waals surface area contributed by atoms with E-state index in [2.05, 4.69) is 5.32 Å². The molecule has 1 aliphatic carbocycles. The third kappa shape index (κ3) is 3.43. The van der Waals surface area contributed by atoms with Crippen LogP contribution in [0.25, 0.3) is 0 Å². The SMILES string of the molecule is Nc1cccc2c1CCCN2C(=O)Cc1ccc(NC(=O)C2CC2)cc1. The van der Waals surface area contributed by atoms with Gasteiger partial charge in [0.15, 0.2) is 0 Å². The summed E-state index contributed by atoms with van der Waals surface area (Å²) in [4.78, 5) is 26.5. The Balaban J connectivity index is 1.44. The number of nitrogens with zero attached hydrogens (tertiary/aromatic N) is 1. The predicted octanol–water partition coefficient (Wildman–Crippen LogP) is 3.14. The maximum absolute atomic E-state index is 12.8. The van der Waals surface area contributed by atoms with E-state index in [4.69, 9.17) is 5.73 Å². The third-order valence-corrected chi connectivity index (χ3v) is 5.11. The van der Waals surface area contributed by atoms with Crippen molar-refractivity contribution in [1.82, 2.24) is 0 Å². The molecule has 0 spiro atoms. The lowest BCUT2D eigenvalue weighted by molar-refractivity contribution is -0.118. The molecule has 5 heteroatoms. The Morgan fingerprint density at radius 3 is 2.62 bits per heavy atom. The van der Waals surface area contributed by atoms with E-state index in [1.165, 1.54) is 0 Å². The van der Waals surface area contributed by atoms with Crippen LogP contribution < -0.4 is 16.0 Å². The molecular weight excluding hydrogens is 326 g/mol. The molecule has 2 aromatic carbocycles. The van der Waals surface area contributed by atoms with Crippen molar-refractivity contribution >= 4 is 28.9 Å². The molecular formula is C21H23N3O2. The van der Waals surface area contributed by atoms with Gasteiger partial charge in [0, 0.05) is 29.5 Å². The van der Waals surface area contributed by atoms with E-state index >= 15 is 0 Å². The molecule has 1 aliphatic heterocycles. The summed E-state index contributed by atoms with van der Waals surface area (Å²) in [6.07, 6.45) is 4.16. The van der Waals surface area contributed by atoms with Crippen LogP contribution in [0.4, 0.5) is 17.1 Å². The van der Waals surface area contributed by atoms with Crippen LogP contribution in [0, 0.1) is 5.92 Å². The van der Waals surface area contributed by atoms with Crippen LogP contribution in [0.5, 0.6) is 0 Å². The Hall–Kier alpha value is -2.82. The number of rotatable bonds is 4. The molecule has 0 radical (unpaired) electrons. The molecule has 134 valence electrons. The van der Waals surface area contributed by atoms with Crippen LogP contribution in [0.15, 0.2) is 42.5 Å². The minimum absolute atomic E-state index is 0.0753. The van der Waals surface area contributed by atoms with Crippen LogP contribution in [-0.2, 0) is 22.4 Å². The Labute approximate surface area is 153 Å². The summed E-state index contributed by atoms with van der Waals surface area (Å²) in [6, 6.07) is 13.3. The standard InChI is InChI=1S/C21H23N3O2/c22-18-4-1-5-19-17(18)3-2-12-24(19)20(25)13-14-6-10-16(11-7-14)23-21(26)15-8-9-15/h1,4-7,10-11,15H,2-3,8-9,12-13,22H2,(H,23,26). The van der Waals surface area contributed by atoms with Crippen LogP contribution in [0.2, 0.25) is 0 Å². The van der Waals surface area contributed by atoms with Gasteiger partial charge in [0.25, 0.3) is 0 Å². The Bertz CT molecular complexity index is 841. The largest absolute Gasteiger partial charge is 0.398 e. The first-order valence-electron chi connectivity index (χ1n) is 9.19. The van der Waals surface area contributed by atoms with Crippen LogP contribution in [-0.4, -0.2) is 18.4 Å². The number of carbonyl (C=O) groups excluding carboxylic acids is 2. The van der Waals surface area contributed by atoms with Crippen molar-refractivity contribution in [2.75, 3.05) is 22.5 Å². The van der Waals surface area contributed by atoms with E-state index in [1.807, 2.05) is 47.4 Å². The van der Waals surface area contributed by atoms with Gasteiger partial charge in [-0.1, -0.05) is 18.2 Å². The highest BCUT2D eigenvalue weighted by Gasteiger charge is 2.29. The maximum atomic E-state index is 12.8. The van der Waals surface area contributed by atoms with Crippen molar-refractivity contribution in [1.29, 1.82) is 0 Å². The van der Waals surface area contributed by atoms with Gasteiger partial charge in [0.2, 0.25) is 11.8 Å². The van der Waals surface area contributed by atoms with E-state index in [1.54, 1.807) is 0 Å². The average Bonchev–Trinajstić information content (AvgIpc) is 3.48. The van der Waals surface area contributed by atoms with E-state index in [9.17, 15) is 9.59 Å². The molecule has 4 rings (SSSR count). The summed E-state index contributed by atoms with van der Waals surface area (Å²) in [5.74, 6) is 0.352. The molecule has 2 amide bonds. The zero-order chi connectivity index (χ0) is 18.1. The Morgan fingerprint density at radius 2 is 1.88 bits per heavy atom. The fourth-order valence-electron chi connectivity index (χ4n) is 3.48. The highest BCUT2D eigenvalue weighted by Crippen LogP contribution is 2.32. The van der Waals surface area contributed by atoms with Gasteiger partial charge in [-0.2, -0.15) is 0 Å². The van der Waals surface area contributed by atoms with Crippen molar-refractivity contribution in [3.8, 4) is 0 Å². The van der Waals surface area contributed by atoms with Crippen molar-refractivity contribution in [2.45, 2.75) is 32.1 Å². The zero-order valence-electron chi connectivity index (χ0n) is 14.7. The smallest absolute Gasteiger partial charge is 0.231 e. The fraction of sp³-hybridized carbons (Fsp3) is 0.333. The van der Waals surface area contributed by atoms with E-state index < -0.39 is 0 Å². The minimum Gasteiger partial charge on any atom is -0.398 e. The monoisotopic (exact) mass is 349 g/mol. The van der Waals surface area contributed by atoms with Crippen LogP contribution in [0.3, 0.4) is 0 Å². The number of amides is 2. The summed E-state index contributed by atoms with van der Waals surface area (Å²) >= 11 is 0. The first-order valence-corrected chi connectivity index (χ1v) is 9.19. The molecule has 2 aromatic rings. The summed E-state index contributed by atoms with van der Waals surface area (Å²) in [7, 11) is 0. The summed E-state index contributed by atoms with van der Waals surface area (Å²) in [5.41, 5.74) is 10.6. The first kappa shape index (κ1) is 16.6.